The normalized spacial score (nSPS) is 10.4. The molecule has 82 valence electrons. The van der Waals surface area contributed by atoms with E-state index >= 15 is 0 Å². The number of rotatable bonds is 2. The van der Waals surface area contributed by atoms with Gasteiger partial charge in [-0.3, -0.25) is 0 Å². The first-order valence-corrected chi connectivity index (χ1v) is 5.34. The lowest BCUT2D eigenvalue weighted by atomic mass is 10.0. The topological polar surface area (TPSA) is 0 Å². The Hall–Kier alpha value is -1.41. The average molecular weight is 239 g/mol. The van der Waals surface area contributed by atoms with E-state index in [-0.39, 0.29) is 0 Å². The maximum absolute atomic E-state index is 13.0. The molecule has 0 spiro atoms. The highest BCUT2D eigenvalue weighted by molar-refractivity contribution is 6.17. The molecule has 0 unspecified atom stereocenters. The fraction of sp³-hybridized carbons (Fsp3) is 0.0769. The van der Waals surface area contributed by atoms with Gasteiger partial charge >= 0.3 is 0 Å². The molecule has 0 nitrogen and oxygen atoms in total. The fourth-order valence-corrected chi connectivity index (χ4v) is 1.68. The van der Waals surface area contributed by atoms with Crippen molar-refractivity contribution < 1.29 is 8.78 Å². The Morgan fingerprint density at radius 2 is 1.62 bits per heavy atom. The van der Waals surface area contributed by atoms with Crippen LogP contribution >= 0.6 is 11.6 Å². The van der Waals surface area contributed by atoms with Gasteiger partial charge in [0.1, 0.15) is 0 Å². The molecule has 0 radical (unpaired) electrons. The first-order chi connectivity index (χ1) is 7.70. The van der Waals surface area contributed by atoms with Gasteiger partial charge in [0.05, 0.1) is 0 Å². The lowest BCUT2D eigenvalue weighted by molar-refractivity contribution is 0.509. The first-order valence-electron chi connectivity index (χ1n) is 4.81. The Bertz CT molecular complexity index is 509. The van der Waals surface area contributed by atoms with Crippen LogP contribution in [0.4, 0.5) is 8.78 Å². The highest BCUT2D eigenvalue weighted by Gasteiger charge is 2.04. The summed E-state index contributed by atoms with van der Waals surface area (Å²) in [5.41, 5.74) is 2.42. The summed E-state index contributed by atoms with van der Waals surface area (Å²) < 4.78 is 25.8. The molecule has 3 heteroatoms. The second-order valence-electron chi connectivity index (χ2n) is 3.46. The number of hydrogen-bond donors (Lipinski definition) is 0. The average Bonchev–Trinajstić information content (AvgIpc) is 2.33. The molecule has 0 N–H and O–H groups in total. The minimum Gasteiger partial charge on any atom is -0.204 e. The summed E-state index contributed by atoms with van der Waals surface area (Å²) in [6.07, 6.45) is 0. The Balaban J connectivity index is 2.46. The molecule has 0 atom stereocenters. The van der Waals surface area contributed by atoms with E-state index in [0.29, 0.717) is 11.4 Å². The van der Waals surface area contributed by atoms with Crippen LogP contribution in [0.25, 0.3) is 11.1 Å². The van der Waals surface area contributed by atoms with Crippen LogP contribution in [-0.4, -0.2) is 0 Å². The van der Waals surface area contributed by atoms with E-state index in [9.17, 15) is 8.78 Å². The third-order valence-electron chi connectivity index (χ3n) is 2.33. The van der Waals surface area contributed by atoms with Crippen molar-refractivity contribution in [3.05, 3.63) is 59.7 Å². The second-order valence-corrected chi connectivity index (χ2v) is 3.73. The van der Waals surface area contributed by atoms with Crippen molar-refractivity contribution in [2.45, 2.75) is 5.88 Å². The highest BCUT2D eigenvalue weighted by Crippen LogP contribution is 2.22. The van der Waals surface area contributed by atoms with Crippen molar-refractivity contribution in [2.75, 3.05) is 0 Å². The summed E-state index contributed by atoms with van der Waals surface area (Å²) >= 11 is 5.71. The van der Waals surface area contributed by atoms with Gasteiger partial charge in [-0.1, -0.05) is 24.3 Å². The molecule has 0 aromatic heterocycles. The maximum atomic E-state index is 13.0. The van der Waals surface area contributed by atoms with Gasteiger partial charge in [0.2, 0.25) is 0 Å². The summed E-state index contributed by atoms with van der Waals surface area (Å²) in [7, 11) is 0. The molecular formula is C13H9ClF2. The summed E-state index contributed by atoms with van der Waals surface area (Å²) in [4.78, 5) is 0. The number of halogens is 3. The summed E-state index contributed by atoms with van der Waals surface area (Å²) in [6.45, 7) is 0. The highest BCUT2D eigenvalue weighted by atomic mass is 35.5. The van der Waals surface area contributed by atoms with E-state index in [1.165, 1.54) is 6.07 Å². The van der Waals surface area contributed by atoms with Crippen LogP contribution in [0.15, 0.2) is 42.5 Å². The fourth-order valence-electron chi connectivity index (χ4n) is 1.51. The summed E-state index contributed by atoms with van der Waals surface area (Å²) in [6, 6.07) is 11.3. The van der Waals surface area contributed by atoms with Gasteiger partial charge in [0.25, 0.3) is 0 Å². The van der Waals surface area contributed by atoms with E-state index in [1.54, 1.807) is 6.07 Å². The second kappa shape index (κ2) is 4.62. The third-order valence-corrected chi connectivity index (χ3v) is 2.64. The molecule has 0 amide bonds. The van der Waals surface area contributed by atoms with Crippen LogP contribution in [0, 0.1) is 11.6 Å². The minimum atomic E-state index is -0.839. The lowest BCUT2D eigenvalue weighted by Gasteiger charge is -2.04. The molecule has 2 aromatic carbocycles. The molecular weight excluding hydrogens is 230 g/mol. The summed E-state index contributed by atoms with van der Waals surface area (Å²) in [5.74, 6) is -1.27. The van der Waals surface area contributed by atoms with Crippen molar-refractivity contribution in [3.63, 3.8) is 0 Å². The molecule has 16 heavy (non-hydrogen) atoms. The van der Waals surface area contributed by atoms with Crippen LogP contribution in [0.5, 0.6) is 0 Å². The monoisotopic (exact) mass is 238 g/mol. The van der Waals surface area contributed by atoms with Gasteiger partial charge in [-0.2, -0.15) is 0 Å². The van der Waals surface area contributed by atoms with Gasteiger partial charge in [-0.15, -0.1) is 11.6 Å². The Morgan fingerprint density at radius 1 is 0.875 bits per heavy atom. The van der Waals surface area contributed by atoms with Gasteiger partial charge in [0.15, 0.2) is 11.6 Å². The quantitative estimate of drug-likeness (QED) is 0.682. The molecule has 0 saturated heterocycles. The van der Waals surface area contributed by atoms with Gasteiger partial charge in [-0.25, -0.2) is 8.78 Å². The Kier molecular flexibility index (Phi) is 3.20. The smallest absolute Gasteiger partial charge is 0.159 e. The largest absolute Gasteiger partial charge is 0.204 e. The molecule has 0 heterocycles. The van der Waals surface area contributed by atoms with Crippen LogP contribution in [0.3, 0.4) is 0 Å². The lowest BCUT2D eigenvalue weighted by Crippen LogP contribution is -1.86. The predicted molar refractivity (Wildman–Crippen MR) is 61.4 cm³/mol. The van der Waals surface area contributed by atoms with Crippen molar-refractivity contribution in [1.82, 2.24) is 0 Å². The standard InChI is InChI=1S/C13H9ClF2/c14-8-9-2-1-3-10(6-9)11-4-5-12(15)13(16)7-11/h1-7H,8H2. The molecule has 2 rings (SSSR count). The van der Waals surface area contributed by atoms with Crippen molar-refractivity contribution in [1.29, 1.82) is 0 Å². The predicted octanol–water partition coefficient (Wildman–Crippen LogP) is 4.37. The zero-order valence-electron chi connectivity index (χ0n) is 8.38. The third kappa shape index (κ3) is 2.22. The van der Waals surface area contributed by atoms with Crippen LogP contribution in [0.2, 0.25) is 0 Å². The Morgan fingerprint density at radius 3 is 2.31 bits per heavy atom. The van der Waals surface area contributed by atoms with Crippen LogP contribution in [-0.2, 0) is 5.88 Å². The van der Waals surface area contributed by atoms with Crippen molar-refractivity contribution in [3.8, 4) is 11.1 Å². The minimum absolute atomic E-state index is 0.400. The van der Waals surface area contributed by atoms with Gasteiger partial charge in [-0.05, 0) is 34.9 Å². The molecule has 0 aliphatic heterocycles. The van der Waals surface area contributed by atoms with Crippen molar-refractivity contribution in [2.24, 2.45) is 0 Å². The van der Waals surface area contributed by atoms with Gasteiger partial charge in [0, 0.05) is 5.88 Å². The first kappa shape index (κ1) is 11.1. The molecule has 0 bridgehead atoms. The van der Waals surface area contributed by atoms with Gasteiger partial charge < -0.3 is 0 Å². The summed E-state index contributed by atoms with van der Waals surface area (Å²) in [5, 5.41) is 0. The van der Waals surface area contributed by atoms with E-state index < -0.39 is 11.6 Å². The van der Waals surface area contributed by atoms with Crippen molar-refractivity contribution >= 4 is 11.6 Å². The number of alkyl halides is 1. The molecule has 0 aliphatic rings. The van der Waals surface area contributed by atoms with Crippen LogP contribution in [0.1, 0.15) is 5.56 Å². The molecule has 0 fully saturated rings. The Labute approximate surface area is 97.5 Å². The number of hydrogen-bond acceptors (Lipinski definition) is 0. The number of benzene rings is 2. The zero-order chi connectivity index (χ0) is 11.5. The van der Waals surface area contributed by atoms with Crippen LogP contribution < -0.4 is 0 Å². The molecule has 0 aliphatic carbocycles. The van der Waals surface area contributed by atoms with E-state index in [0.717, 1.165) is 17.2 Å². The van der Waals surface area contributed by atoms with E-state index in [1.807, 2.05) is 24.3 Å². The zero-order valence-corrected chi connectivity index (χ0v) is 9.14. The van der Waals surface area contributed by atoms with E-state index in [2.05, 4.69) is 0 Å². The molecule has 2 aromatic rings. The SMILES string of the molecule is Fc1ccc(-c2cccc(CCl)c2)cc1F. The maximum Gasteiger partial charge on any atom is 0.159 e. The molecule has 0 saturated carbocycles. The van der Waals surface area contributed by atoms with E-state index in [4.69, 9.17) is 11.6 Å².